The summed E-state index contributed by atoms with van der Waals surface area (Å²) in [6, 6.07) is 0. The van der Waals surface area contributed by atoms with Crippen molar-refractivity contribution >= 4 is 23.6 Å². The molecule has 12 nitrogen and oxygen atoms in total. The number of carbonyl (C=O) groups excluding carboxylic acids is 4. The van der Waals surface area contributed by atoms with E-state index in [-0.39, 0.29) is 34.9 Å². The molecule has 0 aromatic heterocycles. The van der Waals surface area contributed by atoms with Gasteiger partial charge < -0.3 is 40.6 Å². The fraction of sp³-hybridized carbons (Fsp3) is 0.548. The topological polar surface area (TPSA) is 170 Å². The molecule has 1 fully saturated rings. The van der Waals surface area contributed by atoms with E-state index in [1.807, 2.05) is 25.1 Å². The Bertz CT molecular complexity index is 1250. The minimum atomic E-state index is -0.994. The lowest BCUT2D eigenvalue weighted by Crippen LogP contribution is -2.43. The zero-order valence-electron chi connectivity index (χ0n) is 25.7. The van der Waals surface area contributed by atoms with Crippen molar-refractivity contribution in [1.82, 2.24) is 15.5 Å². The Hall–Kier alpha value is -3.58. The molecule has 0 radical (unpaired) electrons. The van der Waals surface area contributed by atoms with Crippen molar-refractivity contribution in [2.45, 2.75) is 57.5 Å². The molecule has 3 rings (SSSR count). The summed E-state index contributed by atoms with van der Waals surface area (Å²) in [5.74, 6) is -1.99. The molecule has 2 amide bonds. The first kappa shape index (κ1) is 33.9. The van der Waals surface area contributed by atoms with Crippen LogP contribution in [0.3, 0.4) is 0 Å². The van der Waals surface area contributed by atoms with Crippen LogP contribution in [0.4, 0.5) is 4.79 Å². The van der Waals surface area contributed by atoms with E-state index in [9.17, 15) is 24.3 Å². The minimum absolute atomic E-state index is 0.0969. The number of nitrogens with one attached hydrogen (secondary N) is 2. The Labute approximate surface area is 252 Å². The Kier molecular flexibility index (Phi) is 12.0. The Morgan fingerprint density at radius 1 is 1.16 bits per heavy atom. The molecule has 4 bridgehead atoms. The van der Waals surface area contributed by atoms with Crippen LogP contribution in [0.5, 0.6) is 0 Å². The molecule has 1 heterocycles. The van der Waals surface area contributed by atoms with Crippen molar-refractivity contribution in [2.75, 3.05) is 41.4 Å². The maximum atomic E-state index is 13.8. The number of primary amides is 1. The number of allylic oxidation sites excluding steroid dienone is 4. The van der Waals surface area contributed by atoms with Crippen LogP contribution in [0.25, 0.3) is 0 Å². The van der Waals surface area contributed by atoms with Crippen LogP contribution in [0, 0.1) is 11.8 Å². The van der Waals surface area contributed by atoms with Crippen LogP contribution >= 0.6 is 0 Å². The molecule has 0 aromatic rings. The van der Waals surface area contributed by atoms with Gasteiger partial charge in [0.1, 0.15) is 6.10 Å². The second-order valence-electron chi connectivity index (χ2n) is 11.5. The van der Waals surface area contributed by atoms with E-state index in [4.69, 9.17) is 19.9 Å². The van der Waals surface area contributed by atoms with Gasteiger partial charge in [-0.2, -0.15) is 0 Å². The van der Waals surface area contributed by atoms with Gasteiger partial charge in [0.05, 0.1) is 23.6 Å². The fourth-order valence-electron chi connectivity index (χ4n) is 5.69. The molecule has 43 heavy (non-hydrogen) atoms. The van der Waals surface area contributed by atoms with Crippen molar-refractivity contribution in [3.63, 3.8) is 0 Å². The second kappa shape index (κ2) is 15.2. The lowest BCUT2D eigenvalue weighted by molar-refractivity contribution is -0.120. The maximum Gasteiger partial charge on any atom is 0.405 e. The molecule has 1 aliphatic heterocycles. The lowest BCUT2D eigenvalue weighted by Gasteiger charge is -2.38. The predicted octanol–water partition coefficient (Wildman–Crippen LogP) is 1.28. The highest BCUT2D eigenvalue weighted by molar-refractivity contribution is 6.23. The molecule has 0 aromatic carbocycles. The van der Waals surface area contributed by atoms with Crippen molar-refractivity contribution in [3.8, 4) is 0 Å². The summed E-state index contributed by atoms with van der Waals surface area (Å²) in [4.78, 5) is 53.9. The normalized spacial score (nSPS) is 32.1. The number of likely N-dealkylation sites (N-methyl/N-ethyl adjacent to an activating group) is 1. The Morgan fingerprint density at radius 3 is 2.51 bits per heavy atom. The SMILES string of the molecule is CO[C@H]1/C=C\C=C(/C)C(=O)NC2=CC(=O)C(NCCN(C)C)=C(C[C@H]3C[C@@H](/C=C(\C)[C@@H]1OC(N)=O)[C@@H](O)[C@@H](OC)C3)C2=O. The third-order valence-corrected chi connectivity index (χ3v) is 7.98. The van der Waals surface area contributed by atoms with Gasteiger partial charge in [-0.25, -0.2) is 4.79 Å². The third kappa shape index (κ3) is 8.73. The lowest BCUT2D eigenvalue weighted by atomic mass is 9.73. The molecular formula is C31H44N4O8. The smallest absolute Gasteiger partial charge is 0.405 e. The molecule has 0 saturated heterocycles. The summed E-state index contributed by atoms with van der Waals surface area (Å²) in [5, 5.41) is 16.9. The first-order chi connectivity index (χ1) is 20.4. The average Bonchev–Trinajstić information content (AvgIpc) is 2.94. The molecular weight excluding hydrogens is 556 g/mol. The van der Waals surface area contributed by atoms with Crippen LogP contribution in [0.1, 0.15) is 33.1 Å². The molecule has 0 unspecified atom stereocenters. The van der Waals surface area contributed by atoms with Gasteiger partial charge in [-0.15, -0.1) is 0 Å². The maximum absolute atomic E-state index is 13.8. The highest BCUT2D eigenvalue weighted by Crippen LogP contribution is 2.38. The van der Waals surface area contributed by atoms with E-state index in [0.717, 1.165) is 6.08 Å². The largest absolute Gasteiger partial charge is 0.439 e. The van der Waals surface area contributed by atoms with Gasteiger partial charge in [0.25, 0.3) is 5.91 Å². The number of nitrogens with zero attached hydrogens (tertiary/aromatic N) is 1. The summed E-state index contributed by atoms with van der Waals surface area (Å²) in [7, 11) is 6.77. The average molecular weight is 601 g/mol. The molecule has 1 saturated carbocycles. The number of aliphatic hydroxyl groups is 1. The summed E-state index contributed by atoms with van der Waals surface area (Å²) >= 11 is 0. The molecule has 2 aliphatic carbocycles. The summed E-state index contributed by atoms with van der Waals surface area (Å²) < 4.78 is 16.7. The molecule has 3 aliphatic rings. The van der Waals surface area contributed by atoms with Gasteiger partial charge in [-0.05, 0) is 58.7 Å². The van der Waals surface area contributed by atoms with E-state index < -0.39 is 53.9 Å². The van der Waals surface area contributed by atoms with Crippen LogP contribution < -0.4 is 16.4 Å². The first-order valence-electron chi connectivity index (χ1n) is 14.3. The van der Waals surface area contributed by atoms with E-state index in [0.29, 0.717) is 31.5 Å². The number of hydrogen-bond acceptors (Lipinski definition) is 10. The molecule has 6 atom stereocenters. The number of ketones is 2. The quantitative estimate of drug-likeness (QED) is 0.247. The molecule has 0 spiro atoms. The van der Waals surface area contributed by atoms with Crippen LogP contribution in [-0.4, -0.2) is 99.4 Å². The molecule has 12 heteroatoms. The predicted molar refractivity (Wildman–Crippen MR) is 159 cm³/mol. The van der Waals surface area contributed by atoms with E-state index in [1.54, 1.807) is 26.0 Å². The third-order valence-electron chi connectivity index (χ3n) is 7.98. The number of rotatable bonds is 7. The Balaban J connectivity index is 2.13. The number of aliphatic hydroxyl groups excluding tert-OH is 1. The van der Waals surface area contributed by atoms with E-state index in [2.05, 4.69) is 10.6 Å². The minimum Gasteiger partial charge on any atom is -0.439 e. The first-order valence-corrected chi connectivity index (χ1v) is 14.3. The van der Waals surface area contributed by atoms with Crippen LogP contribution in [0.15, 0.2) is 58.5 Å². The zero-order valence-corrected chi connectivity index (χ0v) is 25.7. The zero-order chi connectivity index (χ0) is 31.8. The summed E-state index contributed by atoms with van der Waals surface area (Å²) in [6.07, 6.45) is 4.69. The number of fused-ring (bicyclic) bond motifs is 4. The number of carbonyl (C=O) groups is 4. The monoisotopic (exact) mass is 600 g/mol. The van der Waals surface area contributed by atoms with Crippen molar-refractivity contribution in [3.05, 3.63) is 58.5 Å². The van der Waals surface area contributed by atoms with Gasteiger partial charge in [-0.1, -0.05) is 24.3 Å². The van der Waals surface area contributed by atoms with Gasteiger partial charge in [0, 0.05) is 50.4 Å². The highest BCUT2D eigenvalue weighted by atomic mass is 16.6. The number of methoxy groups -OCH3 is 2. The van der Waals surface area contributed by atoms with Crippen LogP contribution in [0.2, 0.25) is 0 Å². The van der Waals surface area contributed by atoms with Crippen LogP contribution in [-0.2, 0) is 28.6 Å². The summed E-state index contributed by atoms with van der Waals surface area (Å²) in [5.41, 5.74) is 6.63. The molecule has 236 valence electrons. The Morgan fingerprint density at radius 2 is 1.88 bits per heavy atom. The van der Waals surface area contributed by atoms with Gasteiger partial charge >= 0.3 is 6.09 Å². The van der Waals surface area contributed by atoms with Gasteiger partial charge in [0.2, 0.25) is 11.6 Å². The number of ether oxygens (including phenoxy) is 3. The van der Waals surface area contributed by atoms with Crippen molar-refractivity contribution in [2.24, 2.45) is 17.6 Å². The number of Topliss-reactive ketones (excluding diaryl/α,β-unsaturated/α-hetero) is 1. The van der Waals surface area contributed by atoms with E-state index in [1.165, 1.54) is 20.3 Å². The highest BCUT2D eigenvalue weighted by Gasteiger charge is 2.39. The standard InChI is InChI=1S/C31H44N4O8/c1-17-8-7-9-24(41-5)29(43-31(32)40)18(2)12-20-13-19(15-25(42-6)27(20)37)14-21-26(33-10-11-35(3)4)23(36)16-22(28(21)38)34-30(17)39/h7-9,12,16,19-20,24-25,27,29,33,37H,10-11,13-15H2,1-6H3,(H2,32,40)(H,34,39)/b9-7-,17-8+,18-12+/t19-,20-,24+,25+,27-,29+/m1/s1. The number of hydrogen-bond donors (Lipinski definition) is 4. The van der Waals surface area contributed by atoms with Crippen molar-refractivity contribution in [1.29, 1.82) is 0 Å². The van der Waals surface area contributed by atoms with Gasteiger partial charge in [-0.3, -0.25) is 14.4 Å². The van der Waals surface area contributed by atoms with Crippen molar-refractivity contribution < 1.29 is 38.5 Å². The number of amides is 2. The summed E-state index contributed by atoms with van der Waals surface area (Å²) in [6.45, 7) is 4.39. The fourth-order valence-corrected chi connectivity index (χ4v) is 5.69. The van der Waals surface area contributed by atoms with Gasteiger partial charge in [0.15, 0.2) is 6.10 Å². The second-order valence-corrected chi connectivity index (χ2v) is 11.5. The number of nitrogens with two attached hydrogens (primary N) is 1. The molecule has 5 N–H and O–H groups in total. The van der Waals surface area contributed by atoms with E-state index >= 15 is 0 Å².